The Hall–Kier alpha value is -2.82. The molecule has 1 fully saturated rings. The summed E-state index contributed by atoms with van der Waals surface area (Å²) in [4.78, 5) is 5.62. The number of likely N-dealkylation sites (tertiary alicyclic amines) is 1. The van der Waals surface area contributed by atoms with Crippen molar-refractivity contribution < 1.29 is 17.2 Å². The van der Waals surface area contributed by atoms with Crippen LogP contribution in [0.3, 0.4) is 0 Å². The lowest BCUT2D eigenvalue weighted by Crippen LogP contribution is -2.57. The molecular formula is C19H20N8O4S3. The fraction of sp³-hybridized carbons (Fsp3) is 0.263. The summed E-state index contributed by atoms with van der Waals surface area (Å²) < 4.78 is 54.3. The number of nitrogens with one attached hydrogen (secondary N) is 1. The molecule has 2 aromatic carbocycles. The summed E-state index contributed by atoms with van der Waals surface area (Å²) >= 11 is -2.08. The SMILES string of the molecule is CN1CC(N(C)S(=O)(=O)c2ccc(-c3cccc4sc(N)nc34)c(-c3nn[nH]n3)c2[SH+](=O)[O-])C1. The van der Waals surface area contributed by atoms with Crippen LogP contribution in [0.15, 0.2) is 40.1 Å². The number of benzene rings is 2. The highest BCUT2D eigenvalue weighted by atomic mass is 32.2. The van der Waals surface area contributed by atoms with Crippen LogP contribution in [0.4, 0.5) is 5.13 Å². The smallest absolute Gasteiger partial charge is 0.248 e. The molecule has 1 atom stereocenters. The second kappa shape index (κ2) is 8.44. The van der Waals surface area contributed by atoms with Gasteiger partial charge in [0.05, 0.1) is 32.9 Å². The number of tetrazole rings is 1. The largest absolute Gasteiger partial charge is 0.612 e. The molecule has 4 aromatic rings. The second-order valence-electron chi connectivity index (χ2n) is 7.93. The Morgan fingerprint density at radius 2 is 2.03 bits per heavy atom. The number of anilines is 1. The zero-order valence-corrected chi connectivity index (χ0v) is 20.6. The summed E-state index contributed by atoms with van der Waals surface area (Å²) in [6, 6.07) is 7.99. The van der Waals surface area contributed by atoms with E-state index in [9.17, 15) is 17.2 Å². The molecule has 15 heteroatoms. The quantitative estimate of drug-likeness (QED) is 0.274. The molecule has 0 aliphatic carbocycles. The van der Waals surface area contributed by atoms with Gasteiger partial charge < -0.3 is 15.2 Å². The summed E-state index contributed by atoms with van der Waals surface area (Å²) in [5, 5.41) is 14.2. The van der Waals surface area contributed by atoms with E-state index in [4.69, 9.17) is 5.73 Å². The maximum Gasteiger partial charge on any atom is 0.248 e. The molecule has 0 bridgehead atoms. The minimum absolute atomic E-state index is 0.0316. The van der Waals surface area contributed by atoms with Crippen molar-refractivity contribution in [3.05, 3.63) is 30.3 Å². The van der Waals surface area contributed by atoms with Crippen LogP contribution in [0.25, 0.3) is 32.7 Å². The third-order valence-electron chi connectivity index (χ3n) is 5.83. The van der Waals surface area contributed by atoms with Gasteiger partial charge in [0, 0.05) is 31.3 Å². The van der Waals surface area contributed by atoms with Crippen molar-refractivity contribution >= 4 is 47.8 Å². The van der Waals surface area contributed by atoms with Gasteiger partial charge in [-0.2, -0.15) is 9.52 Å². The number of H-pyrrole nitrogens is 1. The Bertz CT molecular complexity index is 1510. The van der Waals surface area contributed by atoms with Crippen LogP contribution in [0, 0.1) is 0 Å². The van der Waals surface area contributed by atoms with Crippen LogP contribution in [0.2, 0.25) is 0 Å². The van der Waals surface area contributed by atoms with E-state index in [-0.39, 0.29) is 22.3 Å². The lowest BCUT2D eigenvalue weighted by molar-refractivity contribution is 0.119. The Kier molecular flexibility index (Phi) is 5.70. The van der Waals surface area contributed by atoms with Crippen LogP contribution < -0.4 is 5.73 Å². The molecule has 1 aliphatic rings. The normalized spacial score (nSPS) is 16.2. The molecular weight excluding hydrogens is 500 g/mol. The number of thiazole rings is 1. The lowest BCUT2D eigenvalue weighted by Gasteiger charge is -2.41. The summed E-state index contributed by atoms with van der Waals surface area (Å²) in [6.45, 7) is 1.11. The fourth-order valence-electron chi connectivity index (χ4n) is 4.11. The van der Waals surface area contributed by atoms with E-state index in [0.29, 0.717) is 34.9 Å². The zero-order chi connectivity index (χ0) is 24.2. The highest BCUT2D eigenvalue weighted by molar-refractivity contribution is 7.90. The highest BCUT2D eigenvalue weighted by Crippen LogP contribution is 2.42. The Balaban J connectivity index is 1.79. The number of aromatic nitrogens is 5. The topological polar surface area (TPSA) is 174 Å². The average molecular weight is 521 g/mol. The first-order valence-corrected chi connectivity index (χ1v) is 13.5. The predicted octanol–water partition coefficient (Wildman–Crippen LogP) is 0.846. The molecule has 5 rings (SSSR count). The number of thiol groups is 1. The molecule has 1 saturated heterocycles. The minimum Gasteiger partial charge on any atom is -0.612 e. The van der Waals surface area contributed by atoms with E-state index in [2.05, 4.69) is 25.6 Å². The number of fused-ring (bicyclic) bond motifs is 1. The predicted molar refractivity (Wildman–Crippen MR) is 127 cm³/mol. The van der Waals surface area contributed by atoms with Gasteiger partial charge >= 0.3 is 0 Å². The number of nitrogen functional groups attached to an aromatic ring is 1. The summed E-state index contributed by atoms with van der Waals surface area (Å²) in [5.41, 5.74) is 7.47. The summed E-state index contributed by atoms with van der Waals surface area (Å²) in [5.74, 6) is -0.0486. The van der Waals surface area contributed by atoms with E-state index >= 15 is 0 Å². The first kappa shape index (κ1) is 22.9. The van der Waals surface area contributed by atoms with Gasteiger partial charge in [0.25, 0.3) is 0 Å². The van der Waals surface area contributed by atoms with E-state index in [0.717, 1.165) is 4.70 Å². The molecule has 1 unspecified atom stereocenters. The van der Waals surface area contributed by atoms with Crippen molar-refractivity contribution in [2.24, 2.45) is 0 Å². The summed E-state index contributed by atoms with van der Waals surface area (Å²) in [6.07, 6.45) is 0. The van der Waals surface area contributed by atoms with Gasteiger partial charge in [-0.25, -0.2) is 13.4 Å². The summed E-state index contributed by atoms with van der Waals surface area (Å²) in [7, 11) is -0.811. The number of aromatic amines is 1. The van der Waals surface area contributed by atoms with E-state index in [1.54, 1.807) is 18.2 Å². The Labute approximate surface area is 201 Å². The molecule has 1 aliphatic heterocycles. The Morgan fingerprint density at radius 1 is 1.26 bits per heavy atom. The van der Waals surface area contributed by atoms with Crippen LogP contribution in [-0.4, -0.2) is 81.0 Å². The van der Waals surface area contributed by atoms with Crippen molar-refractivity contribution in [1.82, 2.24) is 34.8 Å². The number of hydrogen-bond donors (Lipinski definition) is 2. The number of nitrogens with zero attached hydrogens (tertiary/aromatic N) is 6. The number of rotatable bonds is 6. The standard InChI is InChI=1S/C19H20N8O4S3/c1-26-8-10(9-26)27(2)34(30,31)14-7-6-11(12-4-3-5-13-16(12)21-19(20)32-13)15(17(14)33(28)29)18-22-24-25-23-18/h3-7,10,33H,8-9H2,1-2H3,(H3-,20,21,22,23,24,25,28,29). The first-order chi connectivity index (χ1) is 16.2. The van der Waals surface area contributed by atoms with Crippen molar-refractivity contribution in [2.45, 2.75) is 15.8 Å². The van der Waals surface area contributed by atoms with Crippen molar-refractivity contribution in [2.75, 3.05) is 32.9 Å². The monoisotopic (exact) mass is 520 g/mol. The molecule has 3 heterocycles. The third-order valence-corrected chi connectivity index (χ3v) is 9.62. The molecule has 0 radical (unpaired) electrons. The van der Waals surface area contributed by atoms with Gasteiger partial charge in [0.15, 0.2) is 10.0 Å². The van der Waals surface area contributed by atoms with Gasteiger partial charge in [-0.15, -0.1) is 14.4 Å². The first-order valence-electron chi connectivity index (χ1n) is 10.1. The minimum atomic E-state index is -4.15. The van der Waals surface area contributed by atoms with Crippen LogP contribution in [0.5, 0.6) is 0 Å². The van der Waals surface area contributed by atoms with E-state index < -0.39 is 26.0 Å². The zero-order valence-electron chi connectivity index (χ0n) is 18.0. The maximum absolute atomic E-state index is 13.5. The van der Waals surface area contributed by atoms with Crippen LogP contribution >= 0.6 is 11.3 Å². The Morgan fingerprint density at radius 3 is 2.68 bits per heavy atom. The number of para-hydroxylation sites is 1. The van der Waals surface area contributed by atoms with Gasteiger partial charge in [-0.05, 0) is 24.4 Å². The molecule has 0 spiro atoms. The van der Waals surface area contributed by atoms with Crippen LogP contribution in [0.1, 0.15) is 0 Å². The van der Waals surface area contributed by atoms with Crippen LogP contribution in [-0.2, 0) is 25.3 Å². The maximum atomic E-state index is 13.5. The molecule has 2 aromatic heterocycles. The molecule has 34 heavy (non-hydrogen) atoms. The number of sulfonamides is 1. The van der Waals surface area contributed by atoms with Crippen molar-refractivity contribution in [3.8, 4) is 22.5 Å². The van der Waals surface area contributed by atoms with Gasteiger partial charge in [-0.1, -0.05) is 29.5 Å². The van der Waals surface area contributed by atoms with E-state index in [1.165, 1.54) is 28.8 Å². The highest BCUT2D eigenvalue weighted by Gasteiger charge is 2.39. The van der Waals surface area contributed by atoms with Crippen molar-refractivity contribution in [3.63, 3.8) is 0 Å². The second-order valence-corrected chi connectivity index (χ2v) is 11.9. The fourth-order valence-corrected chi connectivity index (χ4v) is 7.52. The number of nitrogens with two attached hydrogens (primary N) is 1. The molecule has 3 N–H and O–H groups in total. The molecule has 0 saturated carbocycles. The van der Waals surface area contributed by atoms with Crippen molar-refractivity contribution in [1.29, 1.82) is 0 Å². The lowest BCUT2D eigenvalue weighted by atomic mass is 9.98. The molecule has 178 valence electrons. The van der Waals surface area contributed by atoms with E-state index in [1.807, 2.05) is 18.0 Å². The third kappa shape index (κ3) is 3.70. The van der Waals surface area contributed by atoms with Gasteiger partial charge in [-0.3, -0.25) is 0 Å². The number of hydrogen-bond acceptors (Lipinski definition) is 11. The average Bonchev–Trinajstić information content (AvgIpc) is 3.44. The number of likely N-dealkylation sites (N-methyl/N-ethyl adjacent to an activating group) is 2. The molecule has 0 amide bonds. The van der Waals surface area contributed by atoms with Gasteiger partial charge in [0.2, 0.25) is 15.8 Å². The molecule has 12 nitrogen and oxygen atoms in total. The van der Waals surface area contributed by atoms with Gasteiger partial charge in [0.1, 0.15) is 4.90 Å².